The smallest absolute Gasteiger partial charge is 0.172 e. The van der Waals surface area contributed by atoms with Crippen molar-refractivity contribution >= 4 is 0 Å². The van der Waals surface area contributed by atoms with E-state index >= 15 is 0 Å². The lowest BCUT2D eigenvalue weighted by Gasteiger charge is -2.23. The SMILES string of the molecule is COc1c(F)cc(C2CCNCC2)cc1C#N. The maximum atomic E-state index is 13.8. The molecule has 1 fully saturated rings. The quantitative estimate of drug-likeness (QED) is 0.853. The Balaban J connectivity index is 2.36. The third-order valence-corrected chi connectivity index (χ3v) is 3.20. The molecule has 1 aliphatic heterocycles. The van der Waals surface area contributed by atoms with E-state index < -0.39 is 5.82 Å². The zero-order valence-electron chi connectivity index (χ0n) is 9.79. The number of nitrogens with one attached hydrogen (secondary N) is 1. The number of nitriles is 1. The van der Waals surface area contributed by atoms with Gasteiger partial charge in [-0.25, -0.2) is 4.39 Å². The van der Waals surface area contributed by atoms with Gasteiger partial charge in [0.25, 0.3) is 0 Å². The van der Waals surface area contributed by atoms with E-state index in [1.54, 1.807) is 6.07 Å². The van der Waals surface area contributed by atoms with Crippen molar-refractivity contribution in [2.45, 2.75) is 18.8 Å². The van der Waals surface area contributed by atoms with Crippen LogP contribution < -0.4 is 10.1 Å². The van der Waals surface area contributed by atoms with Crippen LogP contribution in [0.5, 0.6) is 5.75 Å². The third-order valence-electron chi connectivity index (χ3n) is 3.20. The van der Waals surface area contributed by atoms with Gasteiger partial charge in [0.05, 0.1) is 12.7 Å². The van der Waals surface area contributed by atoms with E-state index in [0.717, 1.165) is 31.5 Å². The van der Waals surface area contributed by atoms with E-state index in [1.165, 1.54) is 13.2 Å². The number of piperidine rings is 1. The molecule has 90 valence electrons. The Morgan fingerprint density at radius 2 is 2.12 bits per heavy atom. The molecule has 0 amide bonds. The van der Waals surface area contributed by atoms with Gasteiger partial charge in [-0.15, -0.1) is 0 Å². The van der Waals surface area contributed by atoms with E-state index in [0.29, 0.717) is 5.92 Å². The fourth-order valence-electron chi connectivity index (χ4n) is 2.30. The number of nitrogens with zero attached hydrogens (tertiary/aromatic N) is 1. The van der Waals surface area contributed by atoms with E-state index in [1.807, 2.05) is 6.07 Å². The van der Waals surface area contributed by atoms with Crippen molar-refractivity contribution in [2.75, 3.05) is 20.2 Å². The number of ether oxygens (including phenoxy) is 1. The van der Waals surface area contributed by atoms with Gasteiger partial charge >= 0.3 is 0 Å². The highest BCUT2D eigenvalue weighted by molar-refractivity contribution is 5.47. The van der Waals surface area contributed by atoms with Crippen molar-refractivity contribution in [3.05, 3.63) is 29.1 Å². The minimum absolute atomic E-state index is 0.0465. The summed E-state index contributed by atoms with van der Waals surface area (Å²) in [5, 5.41) is 12.3. The van der Waals surface area contributed by atoms with E-state index in [2.05, 4.69) is 5.32 Å². The molecular formula is C13H15FN2O. The Kier molecular flexibility index (Phi) is 3.60. The monoisotopic (exact) mass is 234 g/mol. The van der Waals surface area contributed by atoms with E-state index in [4.69, 9.17) is 10.00 Å². The lowest BCUT2D eigenvalue weighted by atomic mass is 9.89. The Morgan fingerprint density at radius 1 is 1.41 bits per heavy atom. The largest absolute Gasteiger partial charge is 0.492 e. The normalized spacial score (nSPS) is 16.5. The van der Waals surface area contributed by atoms with Gasteiger partial charge in [0.15, 0.2) is 11.6 Å². The van der Waals surface area contributed by atoms with E-state index in [-0.39, 0.29) is 11.3 Å². The van der Waals surface area contributed by atoms with Crippen LogP contribution >= 0.6 is 0 Å². The van der Waals surface area contributed by atoms with E-state index in [9.17, 15) is 4.39 Å². The Labute approximate surface area is 100 Å². The molecule has 0 spiro atoms. The molecule has 3 nitrogen and oxygen atoms in total. The number of rotatable bonds is 2. The summed E-state index contributed by atoms with van der Waals surface area (Å²) in [5.74, 6) is -0.0611. The van der Waals surface area contributed by atoms with Crippen LogP contribution in [-0.2, 0) is 0 Å². The minimum Gasteiger partial charge on any atom is -0.492 e. The molecule has 0 saturated carbocycles. The summed E-state index contributed by atoms with van der Waals surface area (Å²) < 4.78 is 18.7. The van der Waals surface area contributed by atoms with Crippen LogP contribution in [0.25, 0.3) is 0 Å². The highest BCUT2D eigenvalue weighted by Gasteiger charge is 2.19. The van der Waals surface area contributed by atoms with Gasteiger partial charge in [-0.2, -0.15) is 5.26 Å². The van der Waals surface area contributed by atoms with Crippen molar-refractivity contribution < 1.29 is 9.13 Å². The lowest BCUT2D eigenvalue weighted by Crippen LogP contribution is -2.26. The highest BCUT2D eigenvalue weighted by Crippen LogP contribution is 2.31. The number of methoxy groups -OCH3 is 1. The van der Waals surface area contributed by atoms with Crippen LogP contribution in [0, 0.1) is 17.1 Å². The molecule has 1 aromatic carbocycles. The summed E-state index contributed by atoms with van der Waals surface area (Å²) in [5.41, 5.74) is 1.18. The average Bonchev–Trinajstić information content (AvgIpc) is 2.38. The summed E-state index contributed by atoms with van der Waals surface area (Å²) in [6, 6.07) is 5.23. The van der Waals surface area contributed by atoms with Gasteiger partial charge in [-0.3, -0.25) is 0 Å². The predicted molar refractivity (Wildman–Crippen MR) is 62.5 cm³/mol. The predicted octanol–water partition coefficient (Wildman–Crippen LogP) is 2.17. The van der Waals surface area contributed by atoms with Crippen molar-refractivity contribution in [1.29, 1.82) is 5.26 Å². The second-order valence-electron chi connectivity index (χ2n) is 4.22. The fraction of sp³-hybridized carbons (Fsp3) is 0.462. The first-order valence-corrected chi connectivity index (χ1v) is 5.74. The molecule has 1 N–H and O–H groups in total. The number of halogens is 1. The molecule has 2 rings (SSSR count). The lowest BCUT2D eigenvalue weighted by molar-refractivity contribution is 0.383. The maximum Gasteiger partial charge on any atom is 0.172 e. The maximum absolute atomic E-state index is 13.8. The van der Waals surface area contributed by atoms with Gasteiger partial charge < -0.3 is 10.1 Å². The molecule has 0 bridgehead atoms. The molecule has 0 atom stereocenters. The standard InChI is InChI=1S/C13H15FN2O/c1-17-13-11(8-15)6-10(7-12(13)14)9-2-4-16-5-3-9/h6-7,9,16H,2-5H2,1H3. The van der Waals surface area contributed by atoms with Crippen molar-refractivity contribution in [2.24, 2.45) is 0 Å². The van der Waals surface area contributed by atoms with Crippen LogP contribution in [0.1, 0.15) is 29.9 Å². The highest BCUT2D eigenvalue weighted by atomic mass is 19.1. The Hall–Kier alpha value is -1.60. The van der Waals surface area contributed by atoms with Crippen molar-refractivity contribution in [3.8, 4) is 11.8 Å². The summed E-state index contributed by atoms with van der Waals surface area (Å²) in [4.78, 5) is 0. The summed E-state index contributed by atoms with van der Waals surface area (Å²) in [7, 11) is 1.38. The molecule has 17 heavy (non-hydrogen) atoms. The molecule has 0 radical (unpaired) electrons. The molecule has 0 aromatic heterocycles. The fourth-order valence-corrected chi connectivity index (χ4v) is 2.30. The first kappa shape index (κ1) is 11.9. The molecule has 1 heterocycles. The summed E-state index contributed by atoms with van der Waals surface area (Å²) in [6.45, 7) is 1.89. The van der Waals surface area contributed by atoms with Gasteiger partial charge in [0.1, 0.15) is 6.07 Å². The van der Waals surface area contributed by atoms with Gasteiger partial charge in [0.2, 0.25) is 0 Å². The van der Waals surface area contributed by atoms with Gasteiger partial charge in [0, 0.05) is 0 Å². The van der Waals surface area contributed by atoms with Crippen LogP contribution in [0.4, 0.5) is 4.39 Å². The molecule has 0 aliphatic carbocycles. The second kappa shape index (κ2) is 5.15. The number of hydrogen-bond donors (Lipinski definition) is 1. The summed E-state index contributed by atoms with van der Waals surface area (Å²) in [6.07, 6.45) is 1.97. The average molecular weight is 234 g/mol. The van der Waals surface area contributed by atoms with Crippen LogP contribution in [0.2, 0.25) is 0 Å². The Bertz CT molecular complexity index is 447. The molecule has 0 unspecified atom stereocenters. The zero-order chi connectivity index (χ0) is 12.3. The molecule has 4 heteroatoms. The van der Waals surface area contributed by atoms with Crippen LogP contribution in [0.15, 0.2) is 12.1 Å². The van der Waals surface area contributed by atoms with Crippen LogP contribution in [-0.4, -0.2) is 20.2 Å². The second-order valence-corrected chi connectivity index (χ2v) is 4.22. The summed E-state index contributed by atoms with van der Waals surface area (Å²) >= 11 is 0. The first-order chi connectivity index (χ1) is 8.26. The Morgan fingerprint density at radius 3 is 2.71 bits per heavy atom. The molecule has 1 aromatic rings. The topological polar surface area (TPSA) is 45.0 Å². The molecule has 1 aliphatic rings. The number of benzene rings is 1. The van der Waals surface area contributed by atoms with Crippen molar-refractivity contribution in [1.82, 2.24) is 5.32 Å². The van der Waals surface area contributed by atoms with Crippen molar-refractivity contribution in [3.63, 3.8) is 0 Å². The minimum atomic E-state index is -0.444. The van der Waals surface area contributed by atoms with Gasteiger partial charge in [-0.05, 0) is 49.5 Å². The third kappa shape index (κ3) is 2.40. The van der Waals surface area contributed by atoms with Gasteiger partial charge in [-0.1, -0.05) is 0 Å². The molecular weight excluding hydrogens is 219 g/mol. The number of hydrogen-bond acceptors (Lipinski definition) is 3. The molecule has 1 saturated heterocycles. The zero-order valence-corrected chi connectivity index (χ0v) is 9.79. The first-order valence-electron chi connectivity index (χ1n) is 5.74. The van der Waals surface area contributed by atoms with Crippen LogP contribution in [0.3, 0.4) is 0 Å².